The maximum Gasteiger partial charge on any atom is 0.258 e. The van der Waals surface area contributed by atoms with Gasteiger partial charge in [0.05, 0.1) is 0 Å². The highest BCUT2D eigenvalue weighted by molar-refractivity contribution is 5.41. The van der Waals surface area contributed by atoms with E-state index in [1.807, 2.05) is 6.92 Å². The van der Waals surface area contributed by atoms with E-state index in [1.54, 1.807) is 11.0 Å². The van der Waals surface area contributed by atoms with Crippen LogP contribution >= 0.6 is 0 Å². The highest BCUT2D eigenvalue weighted by atomic mass is 15.4. The Kier molecular flexibility index (Phi) is 3.44. The van der Waals surface area contributed by atoms with Crippen molar-refractivity contribution in [3.63, 3.8) is 0 Å². The monoisotopic (exact) mass is 288 g/mol. The molecule has 0 atom stereocenters. The lowest BCUT2D eigenvalue weighted by molar-refractivity contribution is 0.418. The first-order valence-electron chi connectivity index (χ1n) is 7.17. The van der Waals surface area contributed by atoms with Crippen LogP contribution in [0.3, 0.4) is 0 Å². The van der Waals surface area contributed by atoms with Crippen molar-refractivity contribution >= 4 is 11.9 Å². The van der Waals surface area contributed by atoms with Crippen molar-refractivity contribution in [1.29, 1.82) is 0 Å². The van der Waals surface area contributed by atoms with Gasteiger partial charge in [0, 0.05) is 19.6 Å². The Hall–Kier alpha value is -2.25. The molecule has 0 amide bonds. The van der Waals surface area contributed by atoms with Gasteiger partial charge in [-0.3, -0.25) is 0 Å². The number of rotatable bonds is 4. The number of hydrogen-bond acceptors (Lipinski definition) is 7. The van der Waals surface area contributed by atoms with Gasteiger partial charge in [-0.1, -0.05) is 13.8 Å². The van der Waals surface area contributed by atoms with Gasteiger partial charge in [-0.25, -0.2) is 4.98 Å². The highest BCUT2D eigenvalue weighted by Gasteiger charge is 2.31. The van der Waals surface area contributed by atoms with Gasteiger partial charge in [0.2, 0.25) is 11.9 Å². The first-order valence-corrected chi connectivity index (χ1v) is 7.17. The molecule has 0 radical (unpaired) electrons. The van der Waals surface area contributed by atoms with Crippen LogP contribution < -0.4 is 10.2 Å². The van der Waals surface area contributed by atoms with Gasteiger partial charge in [-0.2, -0.15) is 24.7 Å². The van der Waals surface area contributed by atoms with E-state index in [1.165, 1.54) is 6.33 Å². The van der Waals surface area contributed by atoms with E-state index in [-0.39, 0.29) is 0 Å². The van der Waals surface area contributed by atoms with Gasteiger partial charge in [-0.15, -0.1) is 0 Å². The average molecular weight is 288 g/mol. The van der Waals surface area contributed by atoms with Crippen molar-refractivity contribution < 1.29 is 0 Å². The topological polar surface area (TPSA) is 84.7 Å². The third-order valence-corrected chi connectivity index (χ3v) is 3.53. The second kappa shape index (κ2) is 5.27. The molecule has 1 aliphatic heterocycles. The van der Waals surface area contributed by atoms with E-state index in [0.29, 0.717) is 23.3 Å². The number of aromatic nitrogens is 6. The molecule has 21 heavy (non-hydrogen) atoms. The zero-order valence-corrected chi connectivity index (χ0v) is 12.6. The fraction of sp³-hybridized carbons (Fsp3) is 0.615. The normalized spacial score (nSPS) is 17.2. The van der Waals surface area contributed by atoms with Gasteiger partial charge in [0.15, 0.2) is 0 Å². The summed E-state index contributed by atoms with van der Waals surface area (Å²) in [6.07, 6.45) is 4.19. The summed E-state index contributed by atoms with van der Waals surface area (Å²) in [5.41, 5.74) is 0.290. The zero-order valence-electron chi connectivity index (χ0n) is 12.6. The van der Waals surface area contributed by atoms with Crippen molar-refractivity contribution in [2.24, 2.45) is 5.41 Å². The summed E-state index contributed by atoms with van der Waals surface area (Å²) >= 11 is 0. The molecule has 8 nitrogen and oxygen atoms in total. The van der Waals surface area contributed by atoms with Crippen molar-refractivity contribution in [1.82, 2.24) is 29.7 Å². The van der Waals surface area contributed by atoms with Crippen LogP contribution in [0.25, 0.3) is 5.95 Å². The Bertz CT molecular complexity index is 607. The SMILES string of the molecule is CCNc1nc(N2CCC(C)(C)C2)nc(-n2cncn2)n1. The molecule has 2 aromatic rings. The summed E-state index contributed by atoms with van der Waals surface area (Å²) < 4.78 is 1.55. The molecular formula is C13H20N8. The molecule has 0 spiro atoms. The van der Waals surface area contributed by atoms with Gasteiger partial charge in [0.25, 0.3) is 5.95 Å². The Labute approximate surface area is 123 Å². The second-order valence-electron chi connectivity index (χ2n) is 5.97. The number of hydrogen-bond donors (Lipinski definition) is 1. The van der Waals surface area contributed by atoms with E-state index in [4.69, 9.17) is 0 Å². The smallest absolute Gasteiger partial charge is 0.258 e. The van der Waals surface area contributed by atoms with Crippen LogP contribution in [0, 0.1) is 5.41 Å². The molecule has 0 aliphatic carbocycles. The molecule has 1 saturated heterocycles. The highest BCUT2D eigenvalue weighted by Crippen LogP contribution is 2.31. The van der Waals surface area contributed by atoms with Crippen LogP contribution in [0.15, 0.2) is 12.7 Å². The van der Waals surface area contributed by atoms with E-state index < -0.39 is 0 Å². The van der Waals surface area contributed by atoms with Gasteiger partial charge in [-0.05, 0) is 18.8 Å². The van der Waals surface area contributed by atoms with Crippen LogP contribution in [0.1, 0.15) is 27.2 Å². The quantitative estimate of drug-likeness (QED) is 0.902. The lowest BCUT2D eigenvalue weighted by Gasteiger charge is -2.20. The van der Waals surface area contributed by atoms with Crippen LogP contribution in [-0.4, -0.2) is 49.4 Å². The van der Waals surface area contributed by atoms with Gasteiger partial charge < -0.3 is 10.2 Å². The van der Waals surface area contributed by atoms with E-state index in [0.717, 1.165) is 26.1 Å². The molecule has 0 saturated carbocycles. The molecule has 2 aromatic heterocycles. The lowest BCUT2D eigenvalue weighted by Crippen LogP contribution is -2.26. The van der Waals surface area contributed by atoms with E-state index in [9.17, 15) is 0 Å². The summed E-state index contributed by atoms with van der Waals surface area (Å²) in [4.78, 5) is 19.6. The standard InChI is InChI=1S/C13H20N8/c1-4-15-10-17-11(20-6-5-13(2,3)7-20)19-12(18-10)21-9-14-8-16-21/h8-9H,4-7H2,1-3H3,(H,15,17,18,19). The number of nitrogens with zero attached hydrogens (tertiary/aromatic N) is 7. The van der Waals surface area contributed by atoms with Crippen LogP contribution in [0.5, 0.6) is 0 Å². The van der Waals surface area contributed by atoms with Crippen LogP contribution in [0.4, 0.5) is 11.9 Å². The Morgan fingerprint density at radius 1 is 1.24 bits per heavy atom. The van der Waals surface area contributed by atoms with Crippen molar-refractivity contribution in [3.8, 4) is 5.95 Å². The maximum absolute atomic E-state index is 4.53. The summed E-state index contributed by atoms with van der Waals surface area (Å²) in [6, 6.07) is 0. The molecule has 1 aliphatic rings. The molecule has 3 heterocycles. The fourth-order valence-electron chi connectivity index (χ4n) is 2.43. The second-order valence-corrected chi connectivity index (χ2v) is 5.97. The van der Waals surface area contributed by atoms with Crippen molar-refractivity contribution in [2.45, 2.75) is 27.2 Å². The lowest BCUT2D eigenvalue weighted by atomic mass is 9.93. The number of anilines is 2. The molecular weight excluding hydrogens is 268 g/mol. The predicted molar refractivity (Wildman–Crippen MR) is 79.5 cm³/mol. The van der Waals surface area contributed by atoms with Crippen molar-refractivity contribution in [3.05, 3.63) is 12.7 Å². The van der Waals surface area contributed by atoms with Gasteiger partial charge >= 0.3 is 0 Å². The Morgan fingerprint density at radius 3 is 2.67 bits per heavy atom. The summed E-state index contributed by atoms with van der Waals surface area (Å²) in [5.74, 6) is 1.74. The summed E-state index contributed by atoms with van der Waals surface area (Å²) in [7, 11) is 0. The fourth-order valence-corrected chi connectivity index (χ4v) is 2.43. The molecule has 1 N–H and O–H groups in total. The minimum Gasteiger partial charge on any atom is -0.354 e. The molecule has 0 unspecified atom stereocenters. The average Bonchev–Trinajstić information content (AvgIpc) is 3.08. The zero-order chi connectivity index (χ0) is 14.9. The van der Waals surface area contributed by atoms with E-state index in [2.05, 4.69) is 49.1 Å². The molecule has 8 heteroatoms. The summed E-state index contributed by atoms with van der Waals surface area (Å²) in [6.45, 7) is 9.19. The van der Waals surface area contributed by atoms with E-state index >= 15 is 0 Å². The minimum absolute atomic E-state index is 0.290. The molecule has 0 bridgehead atoms. The molecule has 0 aromatic carbocycles. The van der Waals surface area contributed by atoms with Crippen LogP contribution in [0.2, 0.25) is 0 Å². The Morgan fingerprint density at radius 2 is 2.05 bits per heavy atom. The number of nitrogens with one attached hydrogen (secondary N) is 1. The Balaban J connectivity index is 1.96. The summed E-state index contributed by atoms with van der Waals surface area (Å²) in [5, 5.41) is 7.23. The first-order chi connectivity index (χ1) is 10.1. The molecule has 3 rings (SSSR count). The third kappa shape index (κ3) is 2.93. The third-order valence-electron chi connectivity index (χ3n) is 3.53. The van der Waals surface area contributed by atoms with Gasteiger partial charge in [0.1, 0.15) is 12.7 Å². The molecule has 1 fully saturated rings. The minimum atomic E-state index is 0.290. The maximum atomic E-state index is 4.53. The van der Waals surface area contributed by atoms with Crippen molar-refractivity contribution in [2.75, 3.05) is 29.9 Å². The first kappa shape index (κ1) is 13.7. The molecule has 112 valence electrons. The van der Waals surface area contributed by atoms with Crippen LogP contribution in [-0.2, 0) is 0 Å². The predicted octanol–water partition coefficient (Wildman–Crippen LogP) is 1.12. The largest absolute Gasteiger partial charge is 0.354 e.